The third kappa shape index (κ3) is 3.31. The molecule has 2 rings (SSSR count). The molecular weight excluding hydrogens is 274 g/mol. The van der Waals surface area contributed by atoms with Gasteiger partial charge in [0.15, 0.2) is 0 Å². The van der Waals surface area contributed by atoms with Gasteiger partial charge in [-0.2, -0.15) is 0 Å². The summed E-state index contributed by atoms with van der Waals surface area (Å²) in [7, 11) is -3.41. The summed E-state index contributed by atoms with van der Waals surface area (Å²) in [5.41, 5.74) is 6.81. The lowest BCUT2D eigenvalue weighted by molar-refractivity contribution is 0.570. The summed E-state index contributed by atoms with van der Waals surface area (Å²) < 4.78 is 26.7. The molecule has 0 aromatic heterocycles. The molecule has 6 heteroatoms. The van der Waals surface area contributed by atoms with E-state index in [1.165, 1.54) is 0 Å². The van der Waals surface area contributed by atoms with Crippen LogP contribution in [0.25, 0.3) is 0 Å². The second-order valence-corrected chi connectivity index (χ2v) is 7.21. The summed E-state index contributed by atoms with van der Waals surface area (Å²) in [5.74, 6) is 0. The zero-order valence-electron chi connectivity index (χ0n) is 12.0. The lowest BCUT2D eigenvalue weighted by atomic mass is 10.2. The molecular formula is C14H23N3O2S. The highest BCUT2D eigenvalue weighted by Gasteiger charge is 2.24. The quantitative estimate of drug-likeness (QED) is 0.859. The van der Waals surface area contributed by atoms with E-state index in [0.717, 1.165) is 25.1 Å². The van der Waals surface area contributed by atoms with Crippen LogP contribution in [0.5, 0.6) is 0 Å². The monoisotopic (exact) mass is 297 g/mol. The zero-order chi connectivity index (χ0) is 14.8. The van der Waals surface area contributed by atoms with Crippen LogP contribution in [0.4, 0.5) is 5.69 Å². The summed E-state index contributed by atoms with van der Waals surface area (Å²) in [5, 5.41) is 0. The van der Waals surface area contributed by atoms with Crippen molar-refractivity contribution in [3.05, 3.63) is 24.3 Å². The lowest BCUT2D eigenvalue weighted by Gasteiger charge is -2.25. The van der Waals surface area contributed by atoms with Crippen LogP contribution in [0.2, 0.25) is 0 Å². The van der Waals surface area contributed by atoms with Crippen molar-refractivity contribution < 1.29 is 8.42 Å². The molecule has 1 unspecified atom stereocenters. The molecule has 0 bridgehead atoms. The Morgan fingerprint density at radius 2 is 2.00 bits per heavy atom. The Morgan fingerprint density at radius 1 is 1.35 bits per heavy atom. The predicted molar refractivity (Wildman–Crippen MR) is 81.3 cm³/mol. The summed E-state index contributed by atoms with van der Waals surface area (Å²) in [6, 6.07) is 7.30. The van der Waals surface area contributed by atoms with Gasteiger partial charge in [-0.15, -0.1) is 0 Å². The van der Waals surface area contributed by atoms with Crippen molar-refractivity contribution in [1.29, 1.82) is 0 Å². The van der Waals surface area contributed by atoms with Gasteiger partial charge in [-0.05, 0) is 51.0 Å². The largest absolute Gasteiger partial charge is 0.367 e. The van der Waals surface area contributed by atoms with E-state index in [-0.39, 0.29) is 6.04 Å². The van der Waals surface area contributed by atoms with Gasteiger partial charge in [-0.25, -0.2) is 13.1 Å². The number of nitrogens with zero attached hydrogens (tertiary/aromatic N) is 1. The minimum absolute atomic E-state index is 0.111. The van der Waals surface area contributed by atoms with E-state index in [2.05, 4.69) is 9.62 Å². The first-order valence-electron chi connectivity index (χ1n) is 7.03. The highest BCUT2D eigenvalue weighted by molar-refractivity contribution is 7.89. The summed E-state index contributed by atoms with van der Waals surface area (Å²) in [6.45, 7) is 5.23. The fourth-order valence-electron chi connectivity index (χ4n) is 2.62. The normalized spacial score (nSPS) is 19.8. The summed E-state index contributed by atoms with van der Waals surface area (Å²) >= 11 is 0. The maximum Gasteiger partial charge on any atom is 0.240 e. The maximum absolute atomic E-state index is 12.1. The number of sulfonamides is 1. The Labute approximate surface area is 121 Å². The Kier molecular flexibility index (Phi) is 4.67. The minimum atomic E-state index is -3.41. The molecule has 1 heterocycles. The van der Waals surface area contributed by atoms with Gasteiger partial charge in [0.25, 0.3) is 0 Å². The summed E-state index contributed by atoms with van der Waals surface area (Å²) in [6.07, 6.45) is 2.24. The van der Waals surface area contributed by atoms with Crippen molar-refractivity contribution in [3.8, 4) is 0 Å². The number of anilines is 1. The topological polar surface area (TPSA) is 75.4 Å². The second kappa shape index (κ2) is 6.11. The van der Waals surface area contributed by atoms with E-state index in [1.807, 2.05) is 26.0 Å². The first-order chi connectivity index (χ1) is 9.44. The molecule has 112 valence electrons. The van der Waals surface area contributed by atoms with Crippen LogP contribution < -0.4 is 15.4 Å². The molecule has 1 aliphatic heterocycles. The van der Waals surface area contributed by atoms with Gasteiger partial charge < -0.3 is 10.6 Å². The van der Waals surface area contributed by atoms with Gasteiger partial charge >= 0.3 is 0 Å². The van der Waals surface area contributed by atoms with E-state index in [1.54, 1.807) is 12.1 Å². The van der Waals surface area contributed by atoms with Crippen molar-refractivity contribution in [3.63, 3.8) is 0 Å². The van der Waals surface area contributed by atoms with Crippen molar-refractivity contribution in [2.45, 2.75) is 43.7 Å². The van der Waals surface area contributed by atoms with E-state index < -0.39 is 10.0 Å². The smallest absolute Gasteiger partial charge is 0.240 e. The molecule has 0 saturated carbocycles. The highest BCUT2D eigenvalue weighted by Crippen LogP contribution is 2.26. The first-order valence-corrected chi connectivity index (χ1v) is 8.51. The average Bonchev–Trinajstić information content (AvgIpc) is 2.85. The Balaban J connectivity index is 2.18. The third-order valence-corrected chi connectivity index (χ3v) is 5.19. The van der Waals surface area contributed by atoms with Gasteiger partial charge in [0.2, 0.25) is 10.0 Å². The van der Waals surface area contributed by atoms with Gasteiger partial charge in [-0.3, -0.25) is 0 Å². The average molecular weight is 297 g/mol. The van der Waals surface area contributed by atoms with Crippen LogP contribution in [-0.2, 0) is 10.0 Å². The second-order valence-electron chi connectivity index (χ2n) is 5.50. The molecule has 0 aliphatic carbocycles. The fraction of sp³-hybridized carbons (Fsp3) is 0.571. The Morgan fingerprint density at radius 3 is 2.55 bits per heavy atom. The van der Waals surface area contributed by atoms with Gasteiger partial charge in [0.1, 0.15) is 0 Å². The van der Waals surface area contributed by atoms with Gasteiger partial charge in [0.05, 0.1) is 4.90 Å². The molecule has 1 atom stereocenters. The Bertz CT molecular complexity index is 540. The van der Waals surface area contributed by atoms with Crippen LogP contribution in [-0.4, -0.2) is 33.6 Å². The molecule has 20 heavy (non-hydrogen) atoms. The van der Waals surface area contributed by atoms with Crippen LogP contribution >= 0.6 is 0 Å². The van der Waals surface area contributed by atoms with Crippen molar-refractivity contribution >= 4 is 15.7 Å². The third-order valence-electron chi connectivity index (χ3n) is 3.52. The van der Waals surface area contributed by atoms with Crippen LogP contribution in [0.15, 0.2) is 29.2 Å². The first kappa shape index (κ1) is 15.3. The molecule has 5 nitrogen and oxygen atoms in total. The fourth-order valence-corrected chi connectivity index (χ4v) is 3.87. The van der Waals surface area contributed by atoms with E-state index in [4.69, 9.17) is 5.73 Å². The molecule has 0 amide bonds. The number of nitrogens with one attached hydrogen (secondary N) is 1. The van der Waals surface area contributed by atoms with Crippen molar-refractivity contribution in [2.75, 3.05) is 18.0 Å². The molecule has 1 aliphatic rings. The molecule has 1 fully saturated rings. The number of benzene rings is 1. The molecule has 0 radical (unpaired) electrons. The molecule has 1 aromatic rings. The minimum Gasteiger partial charge on any atom is -0.367 e. The van der Waals surface area contributed by atoms with E-state index in [0.29, 0.717) is 17.5 Å². The van der Waals surface area contributed by atoms with Crippen LogP contribution in [0, 0.1) is 0 Å². The SMILES string of the molecule is CC(C)NS(=O)(=O)c1ccc(N2CCCC2CN)cc1. The van der Waals surface area contributed by atoms with E-state index >= 15 is 0 Å². The molecule has 0 spiro atoms. The zero-order valence-corrected chi connectivity index (χ0v) is 12.9. The lowest BCUT2D eigenvalue weighted by Crippen LogP contribution is -2.35. The van der Waals surface area contributed by atoms with Crippen LogP contribution in [0.3, 0.4) is 0 Å². The molecule has 3 N–H and O–H groups in total. The maximum atomic E-state index is 12.1. The number of nitrogens with two attached hydrogens (primary N) is 1. The van der Waals surface area contributed by atoms with Crippen molar-refractivity contribution in [1.82, 2.24) is 4.72 Å². The van der Waals surface area contributed by atoms with Gasteiger partial charge in [-0.1, -0.05) is 0 Å². The predicted octanol–water partition coefficient (Wildman–Crippen LogP) is 1.30. The summed E-state index contributed by atoms with van der Waals surface area (Å²) in [4.78, 5) is 2.56. The standard InChI is InChI=1S/C14H23N3O2S/c1-11(2)16-20(18,19)14-7-5-12(6-8-14)17-9-3-4-13(17)10-15/h5-8,11,13,16H,3-4,9-10,15H2,1-2H3. The Hall–Kier alpha value is -1.11. The van der Waals surface area contributed by atoms with Gasteiger partial charge in [0, 0.05) is 30.9 Å². The number of hydrogen-bond donors (Lipinski definition) is 2. The van der Waals surface area contributed by atoms with Crippen molar-refractivity contribution in [2.24, 2.45) is 5.73 Å². The van der Waals surface area contributed by atoms with E-state index in [9.17, 15) is 8.42 Å². The number of hydrogen-bond acceptors (Lipinski definition) is 4. The molecule has 1 aromatic carbocycles. The van der Waals surface area contributed by atoms with Crippen LogP contribution in [0.1, 0.15) is 26.7 Å². The molecule has 1 saturated heterocycles. The highest BCUT2D eigenvalue weighted by atomic mass is 32.2. The number of rotatable bonds is 5.